The predicted molar refractivity (Wildman–Crippen MR) is 112 cm³/mol. The first-order valence-corrected chi connectivity index (χ1v) is 9.79. The molecule has 0 saturated carbocycles. The van der Waals surface area contributed by atoms with Gasteiger partial charge in [-0.25, -0.2) is 0 Å². The van der Waals surface area contributed by atoms with E-state index in [0.29, 0.717) is 24.5 Å². The predicted octanol–water partition coefficient (Wildman–Crippen LogP) is 3.34. The average Bonchev–Trinajstić information content (AvgIpc) is 2.75. The second kappa shape index (κ2) is 8.35. The zero-order valence-electron chi connectivity index (χ0n) is 15.1. The molecule has 2 aromatic heterocycles. The number of rotatable bonds is 4. The summed E-state index contributed by atoms with van der Waals surface area (Å²) in [5.74, 6) is 1.54. The van der Waals surface area contributed by atoms with E-state index >= 15 is 0 Å². The Bertz CT molecular complexity index is 942. The van der Waals surface area contributed by atoms with Gasteiger partial charge in [-0.15, -0.1) is 10.2 Å². The Morgan fingerprint density at radius 3 is 2.54 bits per heavy atom. The molecule has 1 aliphatic heterocycles. The molecule has 1 saturated heterocycles. The van der Waals surface area contributed by atoms with Crippen molar-refractivity contribution in [1.29, 1.82) is 0 Å². The number of carbonyl (C=O) groups is 1. The molecular formula is C20H19BrN6O. The largest absolute Gasteiger partial charge is 0.352 e. The van der Waals surface area contributed by atoms with Crippen LogP contribution in [-0.2, 0) is 0 Å². The minimum Gasteiger partial charge on any atom is -0.352 e. The van der Waals surface area contributed by atoms with E-state index in [1.807, 2.05) is 53.4 Å². The van der Waals surface area contributed by atoms with Crippen LogP contribution in [0.2, 0.25) is 0 Å². The Hall–Kier alpha value is -3.00. The summed E-state index contributed by atoms with van der Waals surface area (Å²) in [6.45, 7) is 2.76. The molecular weight excluding hydrogens is 420 g/mol. The molecule has 0 atom stereocenters. The van der Waals surface area contributed by atoms with Crippen molar-refractivity contribution in [2.75, 3.05) is 36.4 Å². The summed E-state index contributed by atoms with van der Waals surface area (Å²) in [6, 6.07) is 15.1. The van der Waals surface area contributed by atoms with Gasteiger partial charge in [-0.1, -0.05) is 22.0 Å². The van der Waals surface area contributed by atoms with E-state index in [1.54, 1.807) is 12.4 Å². The highest BCUT2D eigenvalue weighted by Gasteiger charge is 2.23. The van der Waals surface area contributed by atoms with Gasteiger partial charge in [-0.05, 0) is 42.5 Å². The summed E-state index contributed by atoms with van der Waals surface area (Å²) in [5, 5.41) is 11.7. The Balaban J connectivity index is 1.35. The van der Waals surface area contributed by atoms with Crippen molar-refractivity contribution >= 4 is 39.2 Å². The molecule has 1 amide bonds. The minimum absolute atomic E-state index is 0.0584. The summed E-state index contributed by atoms with van der Waals surface area (Å²) < 4.78 is 0.909. The Morgan fingerprint density at radius 2 is 1.86 bits per heavy atom. The normalized spacial score (nSPS) is 14.0. The van der Waals surface area contributed by atoms with Gasteiger partial charge in [0, 0.05) is 42.4 Å². The summed E-state index contributed by atoms with van der Waals surface area (Å²) in [4.78, 5) is 20.7. The molecule has 1 aromatic carbocycles. The quantitative estimate of drug-likeness (QED) is 0.673. The summed E-state index contributed by atoms with van der Waals surface area (Å²) >= 11 is 3.42. The first kappa shape index (κ1) is 18.4. The Morgan fingerprint density at radius 1 is 1.00 bits per heavy atom. The highest BCUT2D eigenvalue weighted by molar-refractivity contribution is 9.10. The number of aromatic nitrogens is 3. The van der Waals surface area contributed by atoms with Gasteiger partial charge in [0.05, 0.1) is 11.9 Å². The third kappa shape index (κ3) is 4.28. The molecule has 4 rings (SSSR count). The molecule has 142 valence electrons. The molecule has 3 heterocycles. The number of halogens is 1. The smallest absolute Gasteiger partial charge is 0.254 e. The van der Waals surface area contributed by atoms with Crippen LogP contribution in [0.5, 0.6) is 0 Å². The molecule has 0 radical (unpaired) electrons. The maximum Gasteiger partial charge on any atom is 0.254 e. The number of nitrogens with one attached hydrogen (secondary N) is 1. The number of anilines is 3. The van der Waals surface area contributed by atoms with Crippen molar-refractivity contribution in [2.45, 2.75) is 0 Å². The first-order chi connectivity index (χ1) is 13.7. The molecule has 0 spiro atoms. The van der Waals surface area contributed by atoms with Crippen molar-refractivity contribution in [3.63, 3.8) is 0 Å². The van der Waals surface area contributed by atoms with E-state index in [0.717, 1.165) is 29.1 Å². The molecule has 0 aliphatic carbocycles. The number of hydrogen-bond donors (Lipinski definition) is 1. The number of hydrogen-bond acceptors (Lipinski definition) is 6. The number of carbonyl (C=O) groups excluding carboxylic acids is 1. The van der Waals surface area contributed by atoms with Crippen LogP contribution in [-0.4, -0.2) is 52.2 Å². The molecule has 3 aromatic rings. The lowest BCUT2D eigenvalue weighted by Gasteiger charge is -2.35. The van der Waals surface area contributed by atoms with Crippen LogP contribution < -0.4 is 10.2 Å². The van der Waals surface area contributed by atoms with Gasteiger partial charge >= 0.3 is 0 Å². The Kier molecular flexibility index (Phi) is 5.48. The summed E-state index contributed by atoms with van der Waals surface area (Å²) in [5.41, 5.74) is 1.57. The minimum atomic E-state index is 0.0584. The standard InChI is InChI=1S/C20H19BrN6O/c21-16-4-1-3-15(13-16)20(28)27-11-9-26(10-12-27)19-7-6-18(24-25-19)23-17-5-2-8-22-14-17/h1-8,13-14H,9-12H2,(H,23,24). The van der Waals surface area contributed by atoms with E-state index < -0.39 is 0 Å². The highest BCUT2D eigenvalue weighted by Crippen LogP contribution is 2.19. The lowest BCUT2D eigenvalue weighted by atomic mass is 10.2. The monoisotopic (exact) mass is 438 g/mol. The third-order valence-electron chi connectivity index (χ3n) is 4.55. The van der Waals surface area contributed by atoms with E-state index in [2.05, 4.69) is 41.3 Å². The van der Waals surface area contributed by atoms with Gasteiger partial charge in [0.2, 0.25) is 0 Å². The maximum atomic E-state index is 12.7. The summed E-state index contributed by atoms with van der Waals surface area (Å²) in [7, 11) is 0. The van der Waals surface area contributed by atoms with Crippen LogP contribution >= 0.6 is 15.9 Å². The van der Waals surface area contributed by atoms with Crippen molar-refractivity contribution in [3.05, 3.63) is 71.0 Å². The van der Waals surface area contributed by atoms with Gasteiger partial charge in [0.1, 0.15) is 0 Å². The molecule has 1 fully saturated rings. The van der Waals surface area contributed by atoms with Crippen LogP contribution in [0.15, 0.2) is 65.4 Å². The van der Waals surface area contributed by atoms with Crippen LogP contribution in [0.25, 0.3) is 0 Å². The topological polar surface area (TPSA) is 74.2 Å². The lowest BCUT2D eigenvalue weighted by molar-refractivity contribution is 0.0746. The molecule has 28 heavy (non-hydrogen) atoms. The number of piperazine rings is 1. The van der Waals surface area contributed by atoms with Crippen LogP contribution in [0, 0.1) is 0 Å². The number of nitrogens with zero attached hydrogens (tertiary/aromatic N) is 5. The number of benzene rings is 1. The van der Waals surface area contributed by atoms with Gasteiger partial charge < -0.3 is 15.1 Å². The zero-order chi connectivity index (χ0) is 19.3. The lowest BCUT2D eigenvalue weighted by Crippen LogP contribution is -2.49. The van der Waals surface area contributed by atoms with E-state index in [4.69, 9.17) is 0 Å². The van der Waals surface area contributed by atoms with Crippen LogP contribution in [0.4, 0.5) is 17.3 Å². The number of amides is 1. The number of pyridine rings is 1. The third-order valence-corrected chi connectivity index (χ3v) is 5.04. The van der Waals surface area contributed by atoms with Gasteiger partial charge in [0.25, 0.3) is 5.91 Å². The second-order valence-corrected chi connectivity index (χ2v) is 7.35. The molecule has 8 heteroatoms. The van der Waals surface area contributed by atoms with Crippen molar-refractivity contribution in [1.82, 2.24) is 20.1 Å². The second-order valence-electron chi connectivity index (χ2n) is 6.43. The molecule has 1 N–H and O–H groups in total. The van der Waals surface area contributed by atoms with E-state index in [-0.39, 0.29) is 5.91 Å². The average molecular weight is 439 g/mol. The highest BCUT2D eigenvalue weighted by atomic mass is 79.9. The SMILES string of the molecule is O=C(c1cccc(Br)c1)N1CCN(c2ccc(Nc3cccnc3)nn2)CC1. The van der Waals surface area contributed by atoms with Gasteiger partial charge in [-0.3, -0.25) is 9.78 Å². The molecule has 0 bridgehead atoms. The summed E-state index contributed by atoms with van der Waals surface area (Å²) in [6.07, 6.45) is 3.46. The first-order valence-electron chi connectivity index (χ1n) is 8.99. The van der Waals surface area contributed by atoms with Gasteiger partial charge in [0.15, 0.2) is 11.6 Å². The van der Waals surface area contributed by atoms with E-state index in [9.17, 15) is 4.79 Å². The fraction of sp³-hybridized carbons (Fsp3) is 0.200. The van der Waals surface area contributed by atoms with Crippen LogP contribution in [0.3, 0.4) is 0 Å². The van der Waals surface area contributed by atoms with Gasteiger partial charge in [-0.2, -0.15) is 0 Å². The van der Waals surface area contributed by atoms with Crippen LogP contribution in [0.1, 0.15) is 10.4 Å². The van der Waals surface area contributed by atoms with Crippen molar-refractivity contribution in [3.8, 4) is 0 Å². The maximum absolute atomic E-state index is 12.7. The zero-order valence-corrected chi connectivity index (χ0v) is 16.7. The molecule has 0 unspecified atom stereocenters. The van der Waals surface area contributed by atoms with Crippen molar-refractivity contribution in [2.24, 2.45) is 0 Å². The molecule has 1 aliphatic rings. The Labute approximate surface area is 171 Å². The van der Waals surface area contributed by atoms with E-state index in [1.165, 1.54) is 0 Å². The van der Waals surface area contributed by atoms with Crippen molar-refractivity contribution < 1.29 is 4.79 Å². The molecule has 7 nitrogen and oxygen atoms in total. The fourth-order valence-electron chi connectivity index (χ4n) is 3.09. The fourth-order valence-corrected chi connectivity index (χ4v) is 3.49.